The van der Waals surface area contributed by atoms with Crippen LogP contribution in [0.5, 0.6) is 0 Å². The molecule has 0 aliphatic carbocycles. The Labute approximate surface area is 92.6 Å². The molecule has 86 valence electrons. The normalized spacial score (nSPS) is 11.6. The minimum absolute atomic E-state index is 0.501. The van der Waals surface area contributed by atoms with E-state index in [9.17, 15) is 0 Å². The third kappa shape index (κ3) is 8.76. The van der Waals surface area contributed by atoms with Crippen molar-refractivity contribution in [1.29, 1.82) is 0 Å². The summed E-state index contributed by atoms with van der Waals surface area (Å²) in [5.41, 5.74) is 0. The second kappa shape index (κ2) is 9.72. The Kier molecular flexibility index (Phi) is 9.84. The molecule has 1 nitrogen and oxygen atoms in total. The fourth-order valence-corrected chi connectivity index (χ4v) is 2.28. The zero-order valence-corrected chi connectivity index (χ0v) is 11.8. The van der Waals surface area contributed by atoms with Gasteiger partial charge >= 0.3 is 0 Å². The van der Waals surface area contributed by atoms with E-state index in [0.717, 1.165) is 0 Å². The maximum atomic E-state index is 2.58. The van der Waals surface area contributed by atoms with Gasteiger partial charge in [-0.1, -0.05) is 58.5 Å². The standard InChI is InChI=1S/C12H29NSi/c1-5-6-7-8-9-10-11-12-13(2)14(3)4/h14H,5-12H2,1-4H3. The van der Waals surface area contributed by atoms with Crippen molar-refractivity contribution < 1.29 is 0 Å². The summed E-state index contributed by atoms with van der Waals surface area (Å²) in [7, 11) is 1.78. The number of rotatable bonds is 9. The van der Waals surface area contributed by atoms with Gasteiger partial charge in [0.1, 0.15) is 8.96 Å². The molecule has 0 aromatic carbocycles. The van der Waals surface area contributed by atoms with Gasteiger partial charge in [0.15, 0.2) is 0 Å². The number of hydrogen-bond donors (Lipinski definition) is 0. The first kappa shape index (κ1) is 14.2. The molecule has 0 aliphatic rings. The number of nitrogens with zero attached hydrogens (tertiary/aromatic N) is 1. The monoisotopic (exact) mass is 215 g/mol. The molecule has 0 fully saturated rings. The molecule has 0 saturated carbocycles. The summed E-state index contributed by atoms with van der Waals surface area (Å²) < 4.78 is 2.58. The van der Waals surface area contributed by atoms with Crippen LogP contribution in [0, 0.1) is 0 Å². The van der Waals surface area contributed by atoms with Crippen molar-refractivity contribution in [3.8, 4) is 0 Å². The van der Waals surface area contributed by atoms with Gasteiger partial charge in [-0.3, -0.25) is 0 Å². The molecule has 0 bridgehead atoms. The van der Waals surface area contributed by atoms with Crippen LogP contribution in [0.3, 0.4) is 0 Å². The third-order valence-electron chi connectivity index (χ3n) is 3.00. The molecule has 0 unspecified atom stereocenters. The first-order valence-corrected chi connectivity index (χ1v) is 9.21. The van der Waals surface area contributed by atoms with Crippen LogP contribution in [-0.2, 0) is 0 Å². The second-order valence-electron chi connectivity index (χ2n) is 4.70. The Bertz CT molecular complexity index is 115. The molecule has 0 aromatic heterocycles. The van der Waals surface area contributed by atoms with Crippen molar-refractivity contribution in [2.24, 2.45) is 0 Å². The van der Waals surface area contributed by atoms with E-state index in [0.29, 0.717) is 0 Å². The molecule has 0 heterocycles. The van der Waals surface area contributed by atoms with Gasteiger partial charge in [0.2, 0.25) is 0 Å². The van der Waals surface area contributed by atoms with Crippen LogP contribution in [0.4, 0.5) is 0 Å². The Morgan fingerprint density at radius 1 is 0.857 bits per heavy atom. The molecular formula is C12H29NSi. The molecule has 0 atom stereocenters. The molecule has 0 aliphatic heterocycles. The molecule has 0 aromatic rings. The number of unbranched alkanes of at least 4 members (excludes halogenated alkanes) is 6. The van der Waals surface area contributed by atoms with E-state index in [1.165, 1.54) is 51.5 Å². The van der Waals surface area contributed by atoms with Crippen LogP contribution in [0.1, 0.15) is 51.9 Å². The Morgan fingerprint density at radius 3 is 1.86 bits per heavy atom. The van der Waals surface area contributed by atoms with Crippen LogP contribution in [0.15, 0.2) is 0 Å². The van der Waals surface area contributed by atoms with Crippen molar-refractivity contribution in [3.63, 3.8) is 0 Å². The summed E-state index contributed by atoms with van der Waals surface area (Å²) in [5.74, 6) is 0. The predicted octanol–water partition coefficient (Wildman–Crippen LogP) is 3.65. The number of hydrogen-bond acceptors (Lipinski definition) is 1. The van der Waals surface area contributed by atoms with Crippen LogP contribution in [0.25, 0.3) is 0 Å². The van der Waals surface area contributed by atoms with Crippen LogP contribution < -0.4 is 0 Å². The second-order valence-corrected chi connectivity index (χ2v) is 7.76. The first-order chi connectivity index (χ1) is 6.68. The molecule has 0 spiro atoms. The van der Waals surface area contributed by atoms with Crippen molar-refractivity contribution in [1.82, 2.24) is 4.57 Å². The molecule has 0 saturated heterocycles. The Hall–Kier alpha value is 0.177. The zero-order chi connectivity index (χ0) is 10.8. The lowest BCUT2D eigenvalue weighted by molar-refractivity contribution is 0.478. The summed E-state index contributed by atoms with van der Waals surface area (Å²) >= 11 is 0. The van der Waals surface area contributed by atoms with Gasteiger partial charge in [-0.2, -0.15) is 0 Å². The Morgan fingerprint density at radius 2 is 1.36 bits per heavy atom. The zero-order valence-electron chi connectivity index (χ0n) is 10.7. The fourth-order valence-electron chi connectivity index (χ4n) is 1.58. The van der Waals surface area contributed by atoms with Crippen molar-refractivity contribution in [2.75, 3.05) is 13.6 Å². The molecule has 0 N–H and O–H groups in total. The summed E-state index contributed by atoms with van der Waals surface area (Å²) in [6.45, 7) is 8.42. The highest BCUT2D eigenvalue weighted by molar-refractivity contribution is 6.52. The van der Waals surface area contributed by atoms with Crippen LogP contribution >= 0.6 is 0 Å². The molecule has 0 rings (SSSR count). The van der Waals surface area contributed by atoms with E-state index in [1.54, 1.807) is 0 Å². The lowest BCUT2D eigenvalue weighted by Crippen LogP contribution is -2.31. The highest BCUT2D eigenvalue weighted by Crippen LogP contribution is 2.07. The lowest BCUT2D eigenvalue weighted by Gasteiger charge is -2.19. The predicted molar refractivity (Wildman–Crippen MR) is 69.5 cm³/mol. The minimum Gasteiger partial charge on any atom is -0.329 e. The molecule has 0 radical (unpaired) electrons. The lowest BCUT2D eigenvalue weighted by atomic mass is 10.1. The van der Waals surface area contributed by atoms with Crippen LogP contribution in [-0.4, -0.2) is 27.1 Å². The van der Waals surface area contributed by atoms with Gasteiger partial charge in [0, 0.05) is 0 Å². The minimum atomic E-state index is -0.501. The van der Waals surface area contributed by atoms with Gasteiger partial charge in [0.05, 0.1) is 0 Å². The molecular weight excluding hydrogens is 186 g/mol. The molecule has 14 heavy (non-hydrogen) atoms. The molecule has 2 heteroatoms. The summed E-state index contributed by atoms with van der Waals surface area (Å²) in [4.78, 5) is 0. The van der Waals surface area contributed by atoms with Crippen LogP contribution in [0.2, 0.25) is 13.1 Å². The topological polar surface area (TPSA) is 3.24 Å². The maximum Gasteiger partial charge on any atom is 0.105 e. The van der Waals surface area contributed by atoms with Gasteiger partial charge in [-0.15, -0.1) is 0 Å². The largest absolute Gasteiger partial charge is 0.329 e. The smallest absolute Gasteiger partial charge is 0.105 e. The van der Waals surface area contributed by atoms with Gasteiger partial charge in [0.25, 0.3) is 0 Å². The van der Waals surface area contributed by atoms with E-state index in [-0.39, 0.29) is 0 Å². The maximum absolute atomic E-state index is 2.58. The van der Waals surface area contributed by atoms with E-state index < -0.39 is 8.96 Å². The van der Waals surface area contributed by atoms with Crippen molar-refractivity contribution in [2.45, 2.75) is 65.0 Å². The SMILES string of the molecule is CCCCCCCCCN(C)[SiH](C)C. The van der Waals surface area contributed by atoms with E-state index in [2.05, 4.69) is 31.6 Å². The third-order valence-corrected chi connectivity index (χ3v) is 5.02. The summed E-state index contributed by atoms with van der Waals surface area (Å²) in [5, 5.41) is 0. The van der Waals surface area contributed by atoms with Gasteiger partial charge < -0.3 is 4.57 Å². The van der Waals surface area contributed by atoms with E-state index in [1.807, 2.05) is 0 Å². The van der Waals surface area contributed by atoms with Gasteiger partial charge in [-0.25, -0.2) is 0 Å². The van der Waals surface area contributed by atoms with Gasteiger partial charge in [-0.05, 0) is 20.0 Å². The summed E-state index contributed by atoms with van der Waals surface area (Å²) in [6.07, 6.45) is 10.00. The highest BCUT2D eigenvalue weighted by atomic mass is 28.3. The average Bonchev–Trinajstić information content (AvgIpc) is 2.16. The highest BCUT2D eigenvalue weighted by Gasteiger charge is 2.02. The fraction of sp³-hybridized carbons (Fsp3) is 1.00. The quantitative estimate of drug-likeness (QED) is 0.419. The first-order valence-electron chi connectivity index (χ1n) is 6.38. The van der Waals surface area contributed by atoms with Crippen molar-refractivity contribution >= 4 is 8.96 Å². The Balaban J connectivity index is 3.06. The van der Waals surface area contributed by atoms with E-state index >= 15 is 0 Å². The average molecular weight is 215 g/mol. The van der Waals surface area contributed by atoms with E-state index in [4.69, 9.17) is 0 Å². The van der Waals surface area contributed by atoms with Crippen molar-refractivity contribution in [3.05, 3.63) is 0 Å². The summed E-state index contributed by atoms with van der Waals surface area (Å²) in [6, 6.07) is 0. The molecule has 0 amide bonds.